The lowest BCUT2D eigenvalue weighted by molar-refractivity contribution is 0.101. The van der Waals surface area contributed by atoms with E-state index in [-0.39, 0.29) is 0 Å². The lowest BCUT2D eigenvalue weighted by Gasteiger charge is -2.37. The number of likely N-dealkylation sites (tertiary alicyclic amines) is 1. The van der Waals surface area contributed by atoms with E-state index in [0.29, 0.717) is 17.9 Å². The Morgan fingerprint density at radius 1 is 1.33 bits per heavy atom. The molecule has 0 aromatic carbocycles. The van der Waals surface area contributed by atoms with Gasteiger partial charge in [-0.05, 0) is 44.3 Å². The molecule has 0 aliphatic carbocycles. The minimum absolute atomic E-state index is 0.348. The van der Waals surface area contributed by atoms with Crippen LogP contribution in [0.15, 0.2) is 0 Å². The normalized spacial score (nSPS) is 20.8. The van der Waals surface area contributed by atoms with Gasteiger partial charge in [-0.1, -0.05) is 13.8 Å². The molecule has 0 amide bonds. The summed E-state index contributed by atoms with van der Waals surface area (Å²) >= 11 is 0. The minimum atomic E-state index is 0.348. The molecule has 1 fully saturated rings. The number of nitrogens with one attached hydrogen (secondary N) is 1. The first-order chi connectivity index (χ1) is 7.07. The molecule has 0 radical (unpaired) electrons. The van der Waals surface area contributed by atoms with Gasteiger partial charge in [0.05, 0.1) is 0 Å². The first-order valence-corrected chi connectivity index (χ1v) is 6.05. The van der Waals surface area contributed by atoms with E-state index in [0.717, 1.165) is 39.0 Å². The molecule has 0 spiro atoms. The van der Waals surface area contributed by atoms with Gasteiger partial charge in [0.1, 0.15) is 0 Å². The molecule has 0 atom stereocenters. The highest BCUT2D eigenvalue weighted by Crippen LogP contribution is 2.21. The van der Waals surface area contributed by atoms with Crippen LogP contribution >= 0.6 is 0 Å². The van der Waals surface area contributed by atoms with Crippen LogP contribution in [0.2, 0.25) is 0 Å². The first-order valence-electron chi connectivity index (χ1n) is 6.05. The van der Waals surface area contributed by atoms with Crippen molar-refractivity contribution >= 4 is 0 Å². The van der Waals surface area contributed by atoms with Crippen LogP contribution in [0.5, 0.6) is 0 Å². The molecule has 0 aromatic heterocycles. The van der Waals surface area contributed by atoms with Crippen molar-refractivity contribution in [3.05, 3.63) is 0 Å². The molecule has 15 heavy (non-hydrogen) atoms. The highest BCUT2D eigenvalue weighted by Gasteiger charge is 2.24. The fraction of sp³-hybridized carbons (Fsp3) is 1.00. The molecule has 0 bridgehead atoms. The first kappa shape index (κ1) is 12.9. The van der Waals surface area contributed by atoms with Gasteiger partial charge in [-0.2, -0.15) is 0 Å². The molecule has 90 valence electrons. The SMILES string of the molecule is CNCC(C)(C)CN1CCC(CO)CC1. The molecule has 3 heteroatoms. The highest BCUT2D eigenvalue weighted by molar-refractivity contribution is 4.79. The number of nitrogens with zero attached hydrogens (tertiary/aromatic N) is 1. The fourth-order valence-electron chi connectivity index (χ4n) is 2.47. The minimum Gasteiger partial charge on any atom is -0.396 e. The zero-order chi connectivity index (χ0) is 11.3. The van der Waals surface area contributed by atoms with Gasteiger partial charge in [-0.3, -0.25) is 0 Å². The van der Waals surface area contributed by atoms with Gasteiger partial charge in [-0.25, -0.2) is 0 Å². The van der Waals surface area contributed by atoms with Crippen LogP contribution in [0.1, 0.15) is 26.7 Å². The molecule has 1 rings (SSSR count). The van der Waals surface area contributed by atoms with E-state index in [1.165, 1.54) is 0 Å². The van der Waals surface area contributed by atoms with Crippen LogP contribution in [0.3, 0.4) is 0 Å². The standard InChI is InChI=1S/C12H26N2O/c1-12(2,9-13-3)10-14-6-4-11(8-15)5-7-14/h11,13,15H,4-10H2,1-3H3. The topological polar surface area (TPSA) is 35.5 Å². The van der Waals surface area contributed by atoms with Gasteiger partial charge < -0.3 is 15.3 Å². The summed E-state index contributed by atoms with van der Waals surface area (Å²) in [6.07, 6.45) is 2.32. The Morgan fingerprint density at radius 2 is 1.93 bits per heavy atom. The quantitative estimate of drug-likeness (QED) is 0.715. The van der Waals surface area contributed by atoms with E-state index in [4.69, 9.17) is 5.11 Å². The van der Waals surface area contributed by atoms with Crippen molar-refractivity contribution in [3.8, 4) is 0 Å². The number of aliphatic hydroxyl groups excluding tert-OH is 1. The third-order valence-electron chi connectivity index (χ3n) is 3.27. The van der Waals surface area contributed by atoms with Crippen molar-refractivity contribution < 1.29 is 5.11 Å². The summed E-state index contributed by atoms with van der Waals surface area (Å²) < 4.78 is 0. The molecule has 1 aliphatic heterocycles. The van der Waals surface area contributed by atoms with Crippen molar-refractivity contribution in [2.75, 3.05) is 39.8 Å². The summed E-state index contributed by atoms with van der Waals surface area (Å²) in [6.45, 7) is 9.51. The zero-order valence-corrected chi connectivity index (χ0v) is 10.4. The van der Waals surface area contributed by atoms with Gasteiger partial charge >= 0.3 is 0 Å². The number of aliphatic hydroxyl groups is 1. The molecule has 2 N–H and O–H groups in total. The van der Waals surface area contributed by atoms with Crippen LogP contribution in [0, 0.1) is 11.3 Å². The summed E-state index contributed by atoms with van der Waals surface area (Å²) in [5, 5.41) is 12.3. The van der Waals surface area contributed by atoms with E-state index >= 15 is 0 Å². The average Bonchev–Trinajstić information content (AvgIpc) is 2.18. The summed E-state index contributed by atoms with van der Waals surface area (Å²) in [5.41, 5.74) is 0.348. The molecular weight excluding hydrogens is 188 g/mol. The van der Waals surface area contributed by atoms with Crippen molar-refractivity contribution in [1.82, 2.24) is 10.2 Å². The summed E-state index contributed by atoms with van der Waals surface area (Å²) in [4.78, 5) is 2.53. The second-order valence-corrected chi connectivity index (χ2v) is 5.60. The molecule has 0 unspecified atom stereocenters. The summed E-state index contributed by atoms with van der Waals surface area (Å²) in [5.74, 6) is 0.550. The van der Waals surface area contributed by atoms with Gasteiger partial charge in [0.2, 0.25) is 0 Å². The predicted octanol–water partition coefficient (Wildman–Crippen LogP) is 0.936. The van der Waals surface area contributed by atoms with E-state index in [2.05, 4.69) is 24.1 Å². The zero-order valence-electron chi connectivity index (χ0n) is 10.4. The maximum atomic E-state index is 9.07. The average molecular weight is 214 g/mol. The summed E-state index contributed by atoms with van der Waals surface area (Å²) in [7, 11) is 2.01. The van der Waals surface area contributed by atoms with Crippen molar-refractivity contribution in [2.24, 2.45) is 11.3 Å². The Morgan fingerprint density at radius 3 is 2.40 bits per heavy atom. The highest BCUT2D eigenvalue weighted by atomic mass is 16.3. The number of hydrogen-bond acceptors (Lipinski definition) is 3. The second kappa shape index (κ2) is 5.83. The van der Waals surface area contributed by atoms with E-state index in [9.17, 15) is 0 Å². The van der Waals surface area contributed by atoms with E-state index in [1.54, 1.807) is 0 Å². The Kier molecular flexibility index (Phi) is 5.03. The molecule has 1 aliphatic rings. The third-order valence-corrected chi connectivity index (χ3v) is 3.27. The van der Waals surface area contributed by atoms with Gasteiger partial charge in [0.25, 0.3) is 0 Å². The van der Waals surface area contributed by atoms with Crippen LogP contribution in [0.25, 0.3) is 0 Å². The molecule has 0 aromatic rings. The lowest BCUT2D eigenvalue weighted by Crippen LogP contribution is -2.43. The van der Waals surface area contributed by atoms with Gasteiger partial charge in [-0.15, -0.1) is 0 Å². The second-order valence-electron chi connectivity index (χ2n) is 5.60. The van der Waals surface area contributed by atoms with Crippen molar-refractivity contribution in [2.45, 2.75) is 26.7 Å². The van der Waals surface area contributed by atoms with E-state index in [1.807, 2.05) is 7.05 Å². The molecular formula is C12H26N2O. The van der Waals surface area contributed by atoms with Crippen molar-refractivity contribution in [1.29, 1.82) is 0 Å². The Labute approximate surface area is 93.9 Å². The van der Waals surface area contributed by atoms with Crippen molar-refractivity contribution in [3.63, 3.8) is 0 Å². The number of rotatable bonds is 5. The molecule has 0 saturated carbocycles. The monoisotopic (exact) mass is 214 g/mol. The summed E-state index contributed by atoms with van der Waals surface area (Å²) in [6, 6.07) is 0. The predicted molar refractivity (Wildman–Crippen MR) is 64.0 cm³/mol. The smallest absolute Gasteiger partial charge is 0.0460 e. The van der Waals surface area contributed by atoms with Gasteiger partial charge in [0, 0.05) is 19.7 Å². The van der Waals surface area contributed by atoms with Crippen LogP contribution in [-0.2, 0) is 0 Å². The number of hydrogen-bond donors (Lipinski definition) is 2. The van der Waals surface area contributed by atoms with Gasteiger partial charge in [0.15, 0.2) is 0 Å². The van der Waals surface area contributed by atoms with Crippen LogP contribution < -0.4 is 5.32 Å². The Bertz CT molecular complexity index is 174. The molecule has 3 nitrogen and oxygen atoms in total. The molecule has 1 saturated heterocycles. The fourth-order valence-corrected chi connectivity index (χ4v) is 2.47. The maximum Gasteiger partial charge on any atom is 0.0460 e. The maximum absolute atomic E-state index is 9.07. The van der Waals surface area contributed by atoms with E-state index < -0.39 is 0 Å². The number of piperidine rings is 1. The van der Waals surface area contributed by atoms with Crippen LogP contribution in [0.4, 0.5) is 0 Å². The third kappa shape index (κ3) is 4.49. The molecule has 1 heterocycles. The largest absolute Gasteiger partial charge is 0.396 e. The lowest BCUT2D eigenvalue weighted by atomic mass is 9.90. The van der Waals surface area contributed by atoms with Crippen LogP contribution in [-0.4, -0.2) is 49.8 Å². The Hall–Kier alpha value is -0.120. The Balaban J connectivity index is 2.28.